The molecular formula is C10H10OS. The molecule has 0 radical (unpaired) electrons. The first-order chi connectivity index (χ1) is 5.93. The maximum atomic E-state index is 9.92. The highest BCUT2D eigenvalue weighted by Gasteiger charge is 1.87. The van der Waals surface area contributed by atoms with E-state index in [1.807, 2.05) is 18.2 Å². The maximum Gasteiger partial charge on any atom is 0.143 e. The molecule has 0 N–H and O–H groups in total. The molecule has 0 saturated carbocycles. The summed E-state index contributed by atoms with van der Waals surface area (Å²) in [5, 5.41) is 1.81. The molecule has 0 bridgehead atoms. The molecule has 0 amide bonds. The number of carbonyl (C=O) groups is 1. The minimum Gasteiger partial charge on any atom is -0.299 e. The second kappa shape index (κ2) is 5.61. The standard InChI is InChI=1S/C10H10OS/c11-7-4-8-12-9-10-5-2-1-3-6-10/h1-8H,9H2. The van der Waals surface area contributed by atoms with Crippen LogP contribution in [0.4, 0.5) is 0 Å². The molecule has 0 heterocycles. The lowest BCUT2D eigenvalue weighted by molar-refractivity contribution is -0.104. The van der Waals surface area contributed by atoms with Crippen molar-refractivity contribution >= 4 is 18.0 Å². The first kappa shape index (κ1) is 9.07. The van der Waals surface area contributed by atoms with Crippen molar-refractivity contribution in [2.45, 2.75) is 5.75 Å². The minimum absolute atomic E-state index is 0.790. The molecule has 0 aromatic heterocycles. The fourth-order valence-electron chi connectivity index (χ4n) is 0.806. The molecule has 0 unspecified atom stereocenters. The summed E-state index contributed by atoms with van der Waals surface area (Å²) in [6.45, 7) is 0. The fraction of sp³-hybridized carbons (Fsp3) is 0.100. The summed E-state index contributed by atoms with van der Waals surface area (Å²) in [5.41, 5.74) is 1.28. The Hall–Kier alpha value is -1.02. The van der Waals surface area contributed by atoms with Crippen LogP contribution in [-0.2, 0) is 10.5 Å². The largest absolute Gasteiger partial charge is 0.299 e. The van der Waals surface area contributed by atoms with Gasteiger partial charge in [0.2, 0.25) is 0 Å². The Morgan fingerprint density at radius 2 is 2.00 bits per heavy atom. The molecule has 0 aliphatic carbocycles. The molecule has 0 aliphatic rings. The number of hydrogen-bond acceptors (Lipinski definition) is 2. The average molecular weight is 178 g/mol. The average Bonchev–Trinajstić information content (AvgIpc) is 2.14. The van der Waals surface area contributed by atoms with Crippen molar-refractivity contribution in [1.82, 2.24) is 0 Å². The summed E-state index contributed by atoms with van der Waals surface area (Å²) in [5.74, 6) is 0.922. The van der Waals surface area contributed by atoms with Crippen molar-refractivity contribution in [3.8, 4) is 0 Å². The van der Waals surface area contributed by atoms with Gasteiger partial charge in [-0.05, 0) is 17.0 Å². The van der Waals surface area contributed by atoms with Crippen molar-refractivity contribution in [2.75, 3.05) is 0 Å². The number of benzene rings is 1. The third kappa shape index (κ3) is 3.39. The highest BCUT2D eigenvalue weighted by atomic mass is 32.2. The van der Waals surface area contributed by atoms with E-state index >= 15 is 0 Å². The van der Waals surface area contributed by atoms with Gasteiger partial charge in [0, 0.05) is 5.75 Å². The van der Waals surface area contributed by atoms with Gasteiger partial charge in [0.05, 0.1) is 0 Å². The number of hydrogen-bond donors (Lipinski definition) is 0. The van der Waals surface area contributed by atoms with Crippen molar-refractivity contribution < 1.29 is 4.79 Å². The lowest BCUT2D eigenvalue weighted by atomic mass is 10.2. The molecule has 1 rings (SSSR count). The fourth-order valence-corrected chi connectivity index (χ4v) is 1.46. The van der Waals surface area contributed by atoms with Crippen LogP contribution in [0, 0.1) is 0 Å². The lowest BCUT2D eigenvalue weighted by Crippen LogP contribution is -1.75. The van der Waals surface area contributed by atoms with Crippen molar-refractivity contribution in [3.05, 3.63) is 47.4 Å². The van der Waals surface area contributed by atoms with Gasteiger partial charge in [-0.2, -0.15) is 0 Å². The van der Waals surface area contributed by atoms with Gasteiger partial charge in [-0.1, -0.05) is 30.3 Å². The molecule has 0 spiro atoms. The van der Waals surface area contributed by atoms with E-state index in [4.69, 9.17) is 0 Å². The van der Waals surface area contributed by atoms with E-state index in [9.17, 15) is 4.79 Å². The van der Waals surface area contributed by atoms with Gasteiger partial charge in [0.25, 0.3) is 0 Å². The molecule has 1 aromatic rings. The predicted molar refractivity (Wildman–Crippen MR) is 52.9 cm³/mol. The first-order valence-electron chi connectivity index (χ1n) is 3.69. The summed E-state index contributed by atoms with van der Waals surface area (Å²) >= 11 is 1.62. The summed E-state index contributed by atoms with van der Waals surface area (Å²) in [6.07, 6.45) is 2.30. The second-order valence-corrected chi connectivity index (χ2v) is 3.16. The van der Waals surface area contributed by atoms with Gasteiger partial charge in [-0.3, -0.25) is 4.79 Å². The van der Waals surface area contributed by atoms with Crippen LogP contribution >= 0.6 is 11.8 Å². The van der Waals surface area contributed by atoms with Gasteiger partial charge in [-0.15, -0.1) is 11.8 Å². The zero-order valence-electron chi connectivity index (χ0n) is 6.64. The van der Waals surface area contributed by atoms with Gasteiger partial charge in [0.1, 0.15) is 6.29 Å². The molecule has 2 heteroatoms. The number of thioether (sulfide) groups is 1. The Balaban J connectivity index is 2.33. The van der Waals surface area contributed by atoms with Crippen molar-refractivity contribution in [2.24, 2.45) is 0 Å². The molecule has 1 aromatic carbocycles. The van der Waals surface area contributed by atoms with Crippen LogP contribution in [0.15, 0.2) is 41.8 Å². The van der Waals surface area contributed by atoms with E-state index in [0.717, 1.165) is 12.0 Å². The summed E-state index contributed by atoms with van der Waals surface area (Å²) in [7, 11) is 0. The number of carbonyl (C=O) groups excluding carboxylic acids is 1. The van der Waals surface area contributed by atoms with E-state index in [1.165, 1.54) is 11.6 Å². The molecule has 12 heavy (non-hydrogen) atoms. The number of aldehydes is 1. The zero-order chi connectivity index (χ0) is 8.65. The molecule has 0 aliphatic heterocycles. The summed E-state index contributed by atoms with van der Waals surface area (Å²) in [4.78, 5) is 9.92. The Labute approximate surface area is 76.5 Å². The molecule has 62 valence electrons. The van der Waals surface area contributed by atoms with E-state index in [-0.39, 0.29) is 0 Å². The third-order valence-corrected chi connectivity index (χ3v) is 2.20. The van der Waals surface area contributed by atoms with Gasteiger partial charge in [0.15, 0.2) is 0 Å². The van der Waals surface area contributed by atoms with Gasteiger partial charge in [-0.25, -0.2) is 0 Å². The van der Waals surface area contributed by atoms with Gasteiger partial charge < -0.3 is 0 Å². The van der Waals surface area contributed by atoms with Crippen LogP contribution in [-0.4, -0.2) is 6.29 Å². The van der Waals surface area contributed by atoms with Gasteiger partial charge >= 0.3 is 0 Å². The van der Waals surface area contributed by atoms with Crippen molar-refractivity contribution in [1.29, 1.82) is 0 Å². The third-order valence-electron chi connectivity index (χ3n) is 1.35. The smallest absolute Gasteiger partial charge is 0.143 e. The Morgan fingerprint density at radius 1 is 1.25 bits per heavy atom. The van der Waals surface area contributed by atoms with Crippen LogP contribution in [0.3, 0.4) is 0 Å². The minimum atomic E-state index is 0.790. The second-order valence-electron chi connectivity index (χ2n) is 2.26. The van der Waals surface area contributed by atoms with Crippen LogP contribution < -0.4 is 0 Å². The Bertz CT molecular complexity index is 254. The maximum absolute atomic E-state index is 9.92. The Kier molecular flexibility index (Phi) is 4.24. The normalized spacial score (nSPS) is 10.3. The van der Waals surface area contributed by atoms with E-state index in [2.05, 4.69) is 12.1 Å². The lowest BCUT2D eigenvalue weighted by Gasteiger charge is -1.94. The number of allylic oxidation sites excluding steroid dienone is 1. The monoisotopic (exact) mass is 178 g/mol. The molecular weight excluding hydrogens is 168 g/mol. The van der Waals surface area contributed by atoms with E-state index in [1.54, 1.807) is 17.2 Å². The van der Waals surface area contributed by atoms with E-state index < -0.39 is 0 Å². The topological polar surface area (TPSA) is 17.1 Å². The summed E-state index contributed by atoms with van der Waals surface area (Å²) in [6, 6.07) is 10.2. The first-order valence-corrected chi connectivity index (χ1v) is 4.74. The highest BCUT2D eigenvalue weighted by molar-refractivity contribution is 8.01. The Morgan fingerprint density at radius 3 is 2.67 bits per heavy atom. The molecule has 0 saturated heterocycles. The van der Waals surface area contributed by atoms with Crippen molar-refractivity contribution in [3.63, 3.8) is 0 Å². The summed E-state index contributed by atoms with van der Waals surface area (Å²) < 4.78 is 0. The van der Waals surface area contributed by atoms with Crippen LogP contribution in [0.5, 0.6) is 0 Å². The van der Waals surface area contributed by atoms with Crippen LogP contribution in [0.1, 0.15) is 5.56 Å². The zero-order valence-corrected chi connectivity index (χ0v) is 7.46. The predicted octanol–water partition coefficient (Wildman–Crippen LogP) is 2.63. The highest BCUT2D eigenvalue weighted by Crippen LogP contribution is 2.11. The SMILES string of the molecule is O=CC=CSCc1ccccc1. The quantitative estimate of drug-likeness (QED) is 0.521. The number of rotatable bonds is 4. The molecule has 1 nitrogen and oxygen atoms in total. The van der Waals surface area contributed by atoms with Crippen LogP contribution in [0.2, 0.25) is 0 Å². The molecule has 0 fully saturated rings. The van der Waals surface area contributed by atoms with Crippen LogP contribution in [0.25, 0.3) is 0 Å². The van der Waals surface area contributed by atoms with E-state index in [0.29, 0.717) is 0 Å². The molecule has 0 atom stereocenters.